The largest absolute Gasteiger partial charge is 0.384 e. The molecule has 0 aromatic rings. The van der Waals surface area contributed by atoms with Gasteiger partial charge in [-0.15, -0.1) is 0 Å². The molecule has 1 rings (SSSR count). The van der Waals surface area contributed by atoms with E-state index in [0.717, 1.165) is 25.9 Å². The molecule has 3 heteroatoms. The Balaban J connectivity index is 2.79. The Kier molecular flexibility index (Phi) is 3.69. The van der Waals surface area contributed by atoms with Crippen molar-refractivity contribution in [2.24, 2.45) is 15.8 Å². The number of hydrogen-bond donors (Lipinski definition) is 0. The van der Waals surface area contributed by atoms with Crippen molar-refractivity contribution >= 4 is 6.08 Å². The minimum absolute atomic E-state index is 0.117. The van der Waals surface area contributed by atoms with Crippen molar-refractivity contribution in [1.82, 2.24) is 0 Å². The Labute approximate surface area is 91.9 Å². The number of methoxy groups -OCH3 is 1. The molecule has 0 aromatic carbocycles. The van der Waals surface area contributed by atoms with Gasteiger partial charge in [-0.25, -0.2) is 9.79 Å². The highest BCUT2D eigenvalue weighted by Gasteiger charge is 2.41. The molecule has 0 saturated heterocycles. The number of ether oxygens (including phenoxy) is 1. The topological polar surface area (TPSA) is 38.7 Å². The van der Waals surface area contributed by atoms with Gasteiger partial charge in [0.1, 0.15) is 0 Å². The number of carbonyl (C=O) groups excluding carboxylic acids is 1. The molecular weight excluding hydrogens is 190 g/mol. The van der Waals surface area contributed by atoms with Crippen LogP contribution in [0.3, 0.4) is 0 Å². The van der Waals surface area contributed by atoms with Gasteiger partial charge in [0, 0.05) is 7.11 Å². The van der Waals surface area contributed by atoms with Gasteiger partial charge in [0.2, 0.25) is 6.08 Å². The molecule has 3 nitrogen and oxygen atoms in total. The zero-order valence-corrected chi connectivity index (χ0v) is 10.2. The Morgan fingerprint density at radius 3 is 2.60 bits per heavy atom. The third kappa shape index (κ3) is 3.44. The molecule has 86 valence electrons. The molecule has 1 aliphatic carbocycles. The standard InChI is InChI=1S/C12H21NO2/c1-11(2)5-10(13-9-14)6-12(3,7-11)8-15-4/h10H,5-8H2,1-4H3. The van der Waals surface area contributed by atoms with Crippen molar-refractivity contribution in [2.75, 3.05) is 13.7 Å². The van der Waals surface area contributed by atoms with Gasteiger partial charge in [0.05, 0.1) is 12.6 Å². The second-order valence-corrected chi connectivity index (χ2v) is 5.87. The fraction of sp³-hybridized carbons (Fsp3) is 0.917. The van der Waals surface area contributed by atoms with Crippen LogP contribution in [0.5, 0.6) is 0 Å². The molecular formula is C12H21NO2. The lowest BCUT2D eigenvalue weighted by atomic mass is 9.63. The lowest BCUT2D eigenvalue weighted by Crippen LogP contribution is -2.40. The van der Waals surface area contributed by atoms with Crippen LogP contribution in [-0.2, 0) is 9.53 Å². The summed E-state index contributed by atoms with van der Waals surface area (Å²) in [5.41, 5.74) is 0.373. The Morgan fingerprint density at radius 1 is 1.40 bits per heavy atom. The van der Waals surface area contributed by atoms with Gasteiger partial charge in [-0.05, 0) is 30.1 Å². The second kappa shape index (κ2) is 4.46. The molecule has 0 spiro atoms. The van der Waals surface area contributed by atoms with E-state index < -0.39 is 0 Å². The minimum atomic E-state index is 0.117. The first kappa shape index (κ1) is 12.4. The Morgan fingerprint density at radius 2 is 2.07 bits per heavy atom. The van der Waals surface area contributed by atoms with E-state index in [-0.39, 0.29) is 16.9 Å². The molecule has 2 unspecified atom stereocenters. The molecule has 2 atom stereocenters. The van der Waals surface area contributed by atoms with E-state index in [1.807, 2.05) is 0 Å². The molecule has 1 fully saturated rings. The molecule has 0 radical (unpaired) electrons. The summed E-state index contributed by atoms with van der Waals surface area (Å²) >= 11 is 0. The van der Waals surface area contributed by atoms with Crippen LogP contribution in [0.2, 0.25) is 0 Å². The number of nitrogens with zero attached hydrogens (tertiary/aromatic N) is 1. The highest BCUT2D eigenvalue weighted by atomic mass is 16.5. The Bertz CT molecular complexity index is 269. The highest BCUT2D eigenvalue weighted by Crippen LogP contribution is 2.46. The normalized spacial score (nSPS) is 34.5. The van der Waals surface area contributed by atoms with Gasteiger partial charge in [-0.2, -0.15) is 0 Å². The lowest BCUT2D eigenvalue weighted by Gasteiger charge is -2.44. The molecule has 0 aromatic heterocycles. The third-order valence-corrected chi connectivity index (χ3v) is 3.15. The van der Waals surface area contributed by atoms with E-state index in [2.05, 4.69) is 25.8 Å². The van der Waals surface area contributed by atoms with Crippen LogP contribution in [0.1, 0.15) is 40.0 Å². The summed E-state index contributed by atoms with van der Waals surface area (Å²) in [5, 5.41) is 0. The van der Waals surface area contributed by atoms with Crippen LogP contribution < -0.4 is 0 Å². The maximum absolute atomic E-state index is 10.3. The van der Waals surface area contributed by atoms with E-state index in [0.29, 0.717) is 0 Å². The van der Waals surface area contributed by atoms with Gasteiger partial charge < -0.3 is 4.74 Å². The average molecular weight is 211 g/mol. The zero-order valence-electron chi connectivity index (χ0n) is 10.2. The van der Waals surface area contributed by atoms with E-state index in [1.165, 1.54) is 0 Å². The fourth-order valence-electron chi connectivity index (χ4n) is 3.20. The van der Waals surface area contributed by atoms with Gasteiger partial charge in [0.15, 0.2) is 0 Å². The Hall–Kier alpha value is -0.660. The van der Waals surface area contributed by atoms with Crippen LogP contribution in [-0.4, -0.2) is 25.8 Å². The first-order chi connectivity index (χ1) is 6.91. The maximum Gasteiger partial charge on any atom is 0.235 e. The number of isocyanates is 1. The van der Waals surface area contributed by atoms with Crippen molar-refractivity contribution < 1.29 is 9.53 Å². The van der Waals surface area contributed by atoms with Crippen molar-refractivity contribution in [2.45, 2.75) is 46.1 Å². The molecule has 0 bridgehead atoms. The summed E-state index contributed by atoms with van der Waals surface area (Å²) in [6.45, 7) is 7.41. The SMILES string of the molecule is COCC1(C)CC(N=C=O)CC(C)(C)C1. The van der Waals surface area contributed by atoms with Crippen molar-refractivity contribution in [3.63, 3.8) is 0 Å². The first-order valence-electron chi connectivity index (χ1n) is 5.47. The predicted molar refractivity (Wildman–Crippen MR) is 59.5 cm³/mol. The fourth-order valence-corrected chi connectivity index (χ4v) is 3.20. The molecule has 0 heterocycles. The monoisotopic (exact) mass is 211 g/mol. The van der Waals surface area contributed by atoms with Crippen LogP contribution >= 0.6 is 0 Å². The number of rotatable bonds is 3. The smallest absolute Gasteiger partial charge is 0.235 e. The van der Waals surface area contributed by atoms with E-state index in [9.17, 15) is 4.79 Å². The van der Waals surface area contributed by atoms with E-state index in [1.54, 1.807) is 13.2 Å². The second-order valence-electron chi connectivity index (χ2n) is 5.87. The zero-order chi connectivity index (χ0) is 11.5. The van der Waals surface area contributed by atoms with Gasteiger partial charge in [0.25, 0.3) is 0 Å². The average Bonchev–Trinajstić information content (AvgIpc) is 1.99. The molecule has 0 N–H and O–H groups in total. The van der Waals surface area contributed by atoms with Gasteiger partial charge >= 0.3 is 0 Å². The highest BCUT2D eigenvalue weighted by molar-refractivity contribution is 5.33. The quantitative estimate of drug-likeness (QED) is 0.531. The summed E-state index contributed by atoms with van der Waals surface area (Å²) in [6, 6.07) is 0.117. The summed E-state index contributed by atoms with van der Waals surface area (Å²) in [5.74, 6) is 0. The molecule has 15 heavy (non-hydrogen) atoms. The van der Waals surface area contributed by atoms with Crippen LogP contribution in [0.25, 0.3) is 0 Å². The molecule has 0 amide bonds. The molecule has 1 saturated carbocycles. The van der Waals surface area contributed by atoms with Crippen molar-refractivity contribution in [1.29, 1.82) is 0 Å². The summed E-state index contributed by atoms with van der Waals surface area (Å²) in [6.07, 6.45) is 4.72. The van der Waals surface area contributed by atoms with Crippen LogP contribution in [0, 0.1) is 10.8 Å². The van der Waals surface area contributed by atoms with Gasteiger partial charge in [-0.1, -0.05) is 20.8 Å². The minimum Gasteiger partial charge on any atom is -0.384 e. The first-order valence-corrected chi connectivity index (χ1v) is 5.47. The summed E-state index contributed by atoms with van der Waals surface area (Å²) < 4.78 is 5.26. The number of hydrogen-bond acceptors (Lipinski definition) is 3. The molecule has 1 aliphatic rings. The van der Waals surface area contributed by atoms with Gasteiger partial charge in [-0.3, -0.25) is 0 Å². The third-order valence-electron chi connectivity index (χ3n) is 3.15. The van der Waals surface area contributed by atoms with Crippen molar-refractivity contribution in [3.8, 4) is 0 Å². The number of aliphatic imine (C=N–C) groups is 1. The summed E-state index contributed by atoms with van der Waals surface area (Å²) in [4.78, 5) is 14.2. The summed E-state index contributed by atoms with van der Waals surface area (Å²) in [7, 11) is 1.73. The van der Waals surface area contributed by atoms with Crippen molar-refractivity contribution in [3.05, 3.63) is 0 Å². The van der Waals surface area contributed by atoms with E-state index in [4.69, 9.17) is 4.74 Å². The maximum atomic E-state index is 10.3. The van der Waals surface area contributed by atoms with E-state index >= 15 is 0 Å². The molecule has 0 aliphatic heterocycles. The predicted octanol–water partition coefficient (Wildman–Crippen LogP) is 2.55. The van der Waals surface area contributed by atoms with Crippen LogP contribution in [0.4, 0.5) is 0 Å². The van der Waals surface area contributed by atoms with Crippen LogP contribution in [0.15, 0.2) is 4.99 Å². The lowest BCUT2D eigenvalue weighted by molar-refractivity contribution is 0.0107.